The van der Waals surface area contributed by atoms with E-state index >= 15 is 0 Å². The summed E-state index contributed by atoms with van der Waals surface area (Å²) in [6.07, 6.45) is 2.30. The van der Waals surface area contributed by atoms with Gasteiger partial charge in [0.2, 0.25) is 5.91 Å². The molecule has 2 atom stereocenters. The molecule has 0 saturated carbocycles. The molecule has 118 valence electrons. The molecule has 0 aliphatic carbocycles. The van der Waals surface area contributed by atoms with E-state index in [1.165, 1.54) is 6.08 Å². The van der Waals surface area contributed by atoms with E-state index in [0.717, 1.165) is 11.1 Å². The molecule has 2 rings (SSSR count). The fraction of sp³-hybridized carbons (Fsp3) is 0.412. The van der Waals surface area contributed by atoms with Gasteiger partial charge in [0.1, 0.15) is 0 Å². The second-order valence-corrected chi connectivity index (χ2v) is 5.59. The standard InChI is InChI=1S/C17H21NO4/c1-2-5-13(17(21)22)9-16(20)18-10-14-7-4-3-6-12(14)8-15(18)11-19/h2-4,6-7,13,15,19H,1,5,8-11H2,(H,21,22). The topological polar surface area (TPSA) is 77.8 Å². The van der Waals surface area contributed by atoms with E-state index in [1.807, 2.05) is 24.3 Å². The second kappa shape index (κ2) is 7.22. The second-order valence-electron chi connectivity index (χ2n) is 5.59. The van der Waals surface area contributed by atoms with Gasteiger partial charge in [-0.2, -0.15) is 0 Å². The summed E-state index contributed by atoms with van der Waals surface area (Å²) < 4.78 is 0. The number of carboxylic acid groups (broad SMARTS) is 1. The molecule has 0 fully saturated rings. The number of nitrogens with zero attached hydrogens (tertiary/aromatic N) is 1. The molecule has 0 aromatic heterocycles. The Labute approximate surface area is 129 Å². The summed E-state index contributed by atoms with van der Waals surface area (Å²) in [4.78, 5) is 25.3. The molecule has 0 saturated heterocycles. The highest BCUT2D eigenvalue weighted by Gasteiger charge is 2.31. The number of hydrogen-bond acceptors (Lipinski definition) is 3. The number of carbonyl (C=O) groups excluding carboxylic acids is 1. The van der Waals surface area contributed by atoms with Gasteiger partial charge in [-0.1, -0.05) is 30.3 Å². The van der Waals surface area contributed by atoms with Gasteiger partial charge in [-0.3, -0.25) is 9.59 Å². The molecule has 1 aromatic carbocycles. The van der Waals surface area contributed by atoms with Crippen LogP contribution in [-0.2, 0) is 22.6 Å². The molecule has 1 aliphatic rings. The molecule has 1 amide bonds. The summed E-state index contributed by atoms with van der Waals surface area (Å²) in [7, 11) is 0. The third-order valence-corrected chi connectivity index (χ3v) is 4.11. The van der Waals surface area contributed by atoms with Gasteiger partial charge in [-0.15, -0.1) is 6.58 Å². The molecule has 1 heterocycles. The minimum atomic E-state index is -0.994. The van der Waals surface area contributed by atoms with Crippen LogP contribution in [-0.4, -0.2) is 39.6 Å². The maximum atomic E-state index is 12.5. The molecule has 0 spiro atoms. The number of allylic oxidation sites excluding steroid dienone is 1. The summed E-state index contributed by atoms with van der Waals surface area (Å²) >= 11 is 0. The van der Waals surface area contributed by atoms with Gasteiger partial charge in [0, 0.05) is 13.0 Å². The first kappa shape index (κ1) is 16.2. The van der Waals surface area contributed by atoms with E-state index in [-0.39, 0.29) is 31.4 Å². The summed E-state index contributed by atoms with van der Waals surface area (Å²) in [6.45, 7) is 3.83. The van der Waals surface area contributed by atoms with E-state index in [4.69, 9.17) is 5.11 Å². The number of aliphatic hydroxyl groups is 1. The van der Waals surface area contributed by atoms with Crippen LogP contribution in [0.3, 0.4) is 0 Å². The maximum Gasteiger partial charge on any atom is 0.307 e. The lowest BCUT2D eigenvalue weighted by atomic mass is 9.93. The van der Waals surface area contributed by atoms with Crippen molar-refractivity contribution >= 4 is 11.9 Å². The van der Waals surface area contributed by atoms with E-state index in [1.54, 1.807) is 4.90 Å². The Morgan fingerprint density at radius 1 is 1.36 bits per heavy atom. The molecule has 2 N–H and O–H groups in total. The predicted molar refractivity (Wildman–Crippen MR) is 82.1 cm³/mol. The van der Waals surface area contributed by atoms with Crippen LogP contribution in [0.15, 0.2) is 36.9 Å². The first-order chi connectivity index (χ1) is 10.6. The summed E-state index contributed by atoms with van der Waals surface area (Å²) in [5.74, 6) is -1.99. The van der Waals surface area contributed by atoms with Crippen molar-refractivity contribution in [2.45, 2.75) is 31.8 Å². The third-order valence-electron chi connectivity index (χ3n) is 4.11. The van der Waals surface area contributed by atoms with Crippen molar-refractivity contribution in [2.75, 3.05) is 6.61 Å². The quantitative estimate of drug-likeness (QED) is 0.783. The van der Waals surface area contributed by atoms with Crippen LogP contribution in [0.2, 0.25) is 0 Å². The minimum absolute atomic E-state index is 0.0694. The number of carbonyl (C=O) groups is 2. The molecular formula is C17H21NO4. The number of amides is 1. The molecule has 22 heavy (non-hydrogen) atoms. The highest BCUT2D eigenvalue weighted by molar-refractivity contribution is 5.83. The molecule has 0 bridgehead atoms. The van der Waals surface area contributed by atoms with Crippen molar-refractivity contribution in [1.82, 2.24) is 4.90 Å². The van der Waals surface area contributed by atoms with Gasteiger partial charge < -0.3 is 15.1 Å². The fourth-order valence-electron chi connectivity index (χ4n) is 2.84. The van der Waals surface area contributed by atoms with Gasteiger partial charge in [0.25, 0.3) is 0 Å². The number of aliphatic hydroxyl groups excluding tert-OH is 1. The van der Waals surface area contributed by atoms with Crippen LogP contribution in [0.5, 0.6) is 0 Å². The average Bonchev–Trinajstić information content (AvgIpc) is 2.52. The molecule has 1 aliphatic heterocycles. The average molecular weight is 303 g/mol. The largest absolute Gasteiger partial charge is 0.481 e. The normalized spacial score (nSPS) is 18.4. The Morgan fingerprint density at radius 3 is 2.64 bits per heavy atom. The van der Waals surface area contributed by atoms with Gasteiger partial charge in [0.15, 0.2) is 0 Å². The lowest BCUT2D eigenvalue weighted by Crippen LogP contribution is -2.47. The smallest absolute Gasteiger partial charge is 0.307 e. The predicted octanol–water partition coefficient (Wildman–Crippen LogP) is 1.60. The van der Waals surface area contributed by atoms with E-state index in [9.17, 15) is 14.7 Å². The fourth-order valence-corrected chi connectivity index (χ4v) is 2.84. The first-order valence-corrected chi connectivity index (χ1v) is 7.37. The highest BCUT2D eigenvalue weighted by atomic mass is 16.4. The molecule has 1 aromatic rings. The van der Waals surface area contributed by atoms with Crippen LogP contribution >= 0.6 is 0 Å². The third kappa shape index (κ3) is 3.54. The van der Waals surface area contributed by atoms with Crippen LogP contribution in [0.1, 0.15) is 24.0 Å². The van der Waals surface area contributed by atoms with Gasteiger partial charge in [-0.25, -0.2) is 0 Å². The Hall–Kier alpha value is -2.14. The van der Waals surface area contributed by atoms with Crippen molar-refractivity contribution in [3.05, 3.63) is 48.0 Å². The molecule has 5 nitrogen and oxygen atoms in total. The SMILES string of the molecule is C=CCC(CC(=O)N1Cc2ccccc2CC1CO)C(=O)O. The Balaban J connectivity index is 2.14. The number of fused-ring (bicyclic) bond motifs is 1. The van der Waals surface area contributed by atoms with Crippen molar-refractivity contribution in [2.24, 2.45) is 5.92 Å². The maximum absolute atomic E-state index is 12.5. The van der Waals surface area contributed by atoms with Crippen LogP contribution in [0.25, 0.3) is 0 Å². The molecular weight excluding hydrogens is 282 g/mol. The number of carboxylic acids is 1. The number of aliphatic carboxylic acids is 1. The van der Waals surface area contributed by atoms with Crippen molar-refractivity contribution in [1.29, 1.82) is 0 Å². The van der Waals surface area contributed by atoms with Crippen molar-refractivity contribution in [3.8, 4) is 0 Å². The lowest BCUT2D eigenvalue weighted by Gasteiger charge is -2.36. The number of rotatable bonds is 6. The number of benzene rings is 1. The zero-order valence-corrected chi connectivity index (χ0v) is 12.4. The van der Waals surface area contributed by atoms with Crippen molar-refractivity contribution in [3.63, 3.8) is 0 Å². The summed E-state index contributed by atoms with van der Waals surface area (Å²) in [6, 6.07) is 7.52. The van der Waals surface area contributed by atoms with E-state index in [2.05, 4.69) is 6.58 Å². The van der Waals surface area contributed by atoms with Crippen LogP contribution < -0.4 is 0 Å². The zero-order chi connectivity index (χ0) is 16.1. The zero-order valence-electron chi connectivity index (χ0n) is 12.4. The Kier molecular flexibility index (Phi) is 5.33. The number of hydrogen-bond donors (Lipinski definition) is 2. The van der Waals surface area contributed by atoms with Gasteiger partial charge in [-0.05, 0) is 24.0 Å². The summed E-state index contributed by atoms with van der Waals surface area (Å²) in [5, 5.41) is 18.7. The summed E-state index contributed by atoms with van der Waals surface area (Å²) in [5.41, 5.74) is 2.18. The van der Waals surface area contributed by atoms with Crippen LogP contribution in [0, 0.1) is 5.92 Å². The lowest BCUT2D eigenvalue weighted by molar-refractivity contribution is -0.147. The monoisotopic (exact) mass is 303 g/mol. The van der Waals surface area contributed by atoms with Crippen molar-refractivity contribution < 1.29 is 19.8 Å². The molecule has 0 radical (unpaired) electrons. The van der Waals surface area contributed by atoms with Crippen LogP contribution in [0.4, 0.5) is 0 Å². The van der Waals surface area contributed by atoms with E-state index < -0.39 is 11.9 Å². The van der Waals surface area contributed by atoms with Gasteiger partial charge in [0.05, 0.1) is 18.6 Å². The molecule has 2 unspecified atom stereocenters. The first-order valence-electron chi connectivity index (χ1n) is 7.37. The van der Waals surface area contributed by atoms with E-state index in [0.29, 0.717) is 13.0 Å². The highest BCUT2D eigenvalue weighted by Crippen LogP contribution is 2.25. The van der Waals surface area contributed by atoms with Gasteiger partial charge >= 0.3 is 5.97 Å². The molecule has 5 heteroatoms. The Morgan fingerprint density at radius 2 is 2.05 bits per heavy atom. The minimum Gasteiger partial charge on any atom is -0.481 e. The Bertz CT molecular complexity index is 570.